The van der Waals surface area contributed by atoms with Crippen molar-refractivity contribution in [3.8, 4) is 23.3 Å². The lowest BCUT2D eigenvalue weighted by Gasteiger charge is -2.44. The summed E-state index contributed by atoms with van der Waals surface area (Å²) in [5.74, 6) is 0. The fourth-order valence-electron chi connectivity index (χ4n) is 2.10. The van der Waals surface area contributed by atoms with Crippen molar-refractivity contribution < 1.29 is 38.9 Å². The highest BCUT2D eigenvalue weighted by Gasteiger charge is 2.69. The summed E-state index contributed by atoms with van der Waals surface area (Å²) >= 11 is 0. The van der Waals surface area contributed by atoms with Crippen LogP contribution < -0.4 is 0 Å². The fourth-order valence-corrected chi connectivity index (χ4v) is 3.57. The number of rotatable bonds is 3. The van der Waals surface area contributed by atoms with Gasteiger partial charge in [-0.2, -0.15) is 10.5 Å². The van der Waals surface area contributed by atoms with E-state index >= 15 is 0 Å². The van der Waals surface area contributed by atoms with Crippen molar-refractivity contribution in [1.29, 1.82) is 10.5 Å². The second-order valence-corrected chi connectivity index (χ2v) is 10.4. The first-order valence-corrected chi connectivity index (χ1v) is 10.5. The molecule has 0 aliphatic heterocycles. The highest BCUT2D eigenvalue weighted by atomic mass is 32.5. The number of benzene rings is 2. The number of halogens is 10. The van der Waals surface area contributed by atoms with Crippen molar-refractivity contribution in [3.05, 3.63) is 47.5 Å². The molecule has 2 rings (SSSR count). The van der Waals surface area contributed by atoms with Crippen LogP contribution in [-0.2, 0) is 0 Å². The van der Waals surface area contributed by atoms with Crippen LogP contribution in [0.25, 0.3) is 11.1 Å². The van der Waals surface area contributed by atoms with Gasteiger partial charge in [0.05, 0.1) is 11.1 Å². The number of nitriles is 2. The van der Waals surface area contributed by atoms with Gasteiger partial charge in [0.15, 0.2) is 0 Å². The van der Waals surface area contributed by atoms with Crippen molar-refractivity contribution in [2.45, 2.75) is 9.79 Å². The average molecular weight is 456 g/mol. The van der Waals surface area contributed by atoms with E-state index in [1.807, 2.05) is 0 Å². The van der Waals surface area contributed by atoms with E-state index in [4.69, 9.17) is 10.5 Å². The molecule has 0 saturated heterocycles. The summed E-state index contributed by atoms with van der Waals surface area (Å²) in [7, 11) is -21.5. The predicted molar refractivity (Wildman–Crippen MR) is 84.1 cm³/mol. The molecule has 0 spiro atoms. The minimum Gasteiger partial charge on any atom is -0.192 e. The van der Waals surface area contributed by atoms with E-state index in [1.54, 1.807) is 0 Å². The second-order valence-electron chi connectivity index (χ2n) is 5.62. The second kappa shape index (κ2) is 4.69. The lowest BCUT2D eigenvalue weighted by Crippen LogP contribution is -2.11. The molecule has 0 aliphatic rings. The van der Waals surface area contributed by atoms with Crippen molar-refractivity contribution in [1.82, 2.24) is 0 Å². The summed E-state index contributed by atoms with van der Waals surface area (Å²) in [4.78, 5) is -6.33. The minimum absolute atomic E-state index is 0.317. The Hall–Kier alpha value is -2.58. The molecule has 0 fully saturated rings. The van der Waals surface area contributed by atoms with Gasteiger partial charge in [0.2, 0.25) is 0 Å². The smallest absolute Gasteiger partial charge is 0.192 e. The van der Waals surface area contributed by atoms with E-state index in [0.29, 0.717) is 6.07 Å². The third-order valence-corrected chi connectivity index (χ3v) is 5.62. The van der Waals surface area contributed by atoms with Gasteiger partial charge in [-0.25, -0.2) is 0 Å². The van der Waals surface area contributed by atoms with Gasteiger partial charge in [0.25, 0.3) is 0 Å². The molecule has 0 unspecified atom stereocenters. The Bertz CT molecular complexity index is 1040. The monoisotopic (exact) mass is 456 g/mol. The van der Waals surface area contributed by atoms with Crippen LogP contribution in [0.3, 0.4) is 0 Å². The molecule has 0 N–H and O–H groups in total. The molecular weight excluding hydrogens is 450 g/mol. The van der Waals surface area contributed by atoms with Crippen LogP contribution in [-0.4, -0.2) is 0 Å². The molecule has 0 aliphatic carbocycles. The van der Waals surface area contributed by atoms with E-state index in [9.17, 15) is 38.9 Å². The van der Waals surface area contributed by atoms with Gasteiger partial charge in [-0.15, -0.1) is 0 Å². The Kier molecular flexibility index (Phi) is 3.64. The van der Waals surface area contributed by atoms with Gasteiger partial charge in [0, 0.05) is 0 Å². The Morgan fingerprint density at radius 3 is 1.32 bits per heavy atom. The van der Waals surface area contributed by atoms with Crippen LogP contribution in [0.15, 0.2) is 46.2 Å². The Morgan fingerprint density at radius 2 is 0.964 bits per heavy atom. The SMILES string of the molecule is N#Cc1ccc(-c2cc(S(F)(F)(F)(F)F)cc(S(F)(F)(F)(F)F)c2)cc1C#N. The van der Waals surface area contributed by atoms with Crippen LogP contribution in [0.2, 0.25) is 0 Å². The molecule has 28 heavy (non-hydrogen) atoms. The van der Waals surface area contributed by atoms with E-state index in [-0.39, 0.29) is 5.56 Å². The molecule has 2 nitrogen and oxygen atoms in total. The minimum atomic E-state index is -10.8. The molecule has 2 aromatic rings. The Balaban J connectivity index is 2.96. The maximum atomic E-state index is 13.0. The maximum Gasteiger partial charge on any atom is 0.310 e. The van der Waals surface area contributed by atoms with Crippen LogP contribution in [0.4, 0.5) is 38.9 Å². The molecule has 2 aromatic carbocycles. The topological polar surface area (TPSA) is 47.6 Å². The molecule has 0 amide bonds. The molecular formula is C14H6F10N2S2. The van der Waals surface area contributed by atoms with Gasteiger partial charge < -0.3 is 0 Å². The third kappa shape index (κ3) is 4.63. The average Bonchev–Trinajstić information content (AvgIpc) is 2.49. The third-order valence-electron chi connectivity index (χ3n) is 3.36. The number of hydrogen-bond donors (Lipinski definition) is 0. The van der Waals surface area contributed by atoms with Crippen molar-refractivity contribution in [3.63, 3.8) is 0 Å². The molecule has 0 radical (unpaired) electrons. The van der Waals surface area contributed by atoms with Gasteiger partial charge in [0.1, 0.15) is 21.9 Å². The van der Waals surface area contributed by atoms with Crippen molar-refractivity contribution >= 4 is 20.4 Å². The fraction of sp³-hybridized carbons (Fsp3) is 0. The van der Waals surface area contributed by atoms with Crippen LogP contribution >= 0.6 is 20.4 Å². The molecule has 0 heterocycles. The lowest BCUT2D eigenvalue weighted by molar-refractivity contribution is 0.360. The molecule has 0 bridgehead atoms. The lowest BCUT2D eigenvalue weighted by atomic mass is 10.0. The summed E-state index contributed by atoms with van der Waals surface area (Å²) in [6.45, 7) is 0. The van der Waals surface area contributed by atoms with Gasteiger partial charge >= 0.3 is 20.4 Å². The summed E-state index contributed by atoms with van der Waals surface area (Å²) in [5, 5.41) is 17.6. The van der Waals surface area contributed by atoms with Crippen molar-refractivity contribution in [2.24, 2.45) is 0 Å². The zero-order valence-corrected chi connectivity index (χ0v) is 14.6. The maximum absolute atomic E-state index is 13.0. The first-order chi connectivity index (χ1) is 12.0. The molecule has 0 atom stereocenters. The predicted octanol–water partition coefficient (Wildman–Crippen LogP) is 8.41. The molecule has 154 valence electrons. The Morgan fingerprint density at radius 1 is 0.536 bits per heavy atom. The summed E-state index contributed by atoms with van der Waals surface area (Å²) in [5.41, 5.74) is -2.79. The highest BCUT2D eigenvalue weighted by molar-refractivity contribution is 8.46. The largest absolute Gasteiger partial charge is 0.310 e. The molecule has 14 heteroatoms. The van der Waals surface area contributed by atoms with E-state index in [0.717, 1.165) is 12.1 Å². The number of hydrogen-bond acceptors (Lipinski definition) is 2. The zero-order valence-electron chi connectivity index (χ0n) is 13.0. The standard InChI is InChI=1S/C14H6F10N2S2/c15-27(16,17,18,19)13-4-11(5-14(6-13)28(20,21,22,23)24)9-1-2-10(7-25)12(3-9)8-26/h1-6H. The van der Waals surface area contributed by atoms with E-state index in [2.05, 4.69) is 0 Å². The van der Waals surface area contributed by atoms with Crippen LogP contribution in [0, 0.1) is 22.7 Å². The van der Waals surface area contributed by atoms with E-state index in [1.165, 1.54) is 12.1 Å². The summed E-state index contributed by atoms with van der Waals surface area (Å²) in [6.07, 6.45) is 0. The van der Waals surface area contributed by atoms with E-state index < -0.39 is 65.1 Å². The van der Waals surface area contributed by atoms with Gasteiger partial charge in [-0.05, 0) is 41.5 Å². The summed E-state index contributed by atoms with van der Waals surface area (Å²) in [6, 6.07) is 2.94. The first kappa shape index (κ1) is 21.7. The number of nitrogens with zero attached hydrogens (tertiary/aromatic N) is 2. The zero-order chi connectivity index (χ0) is 21.9. The normalized spacial score (nSPS) is 17.3. The van der Waals surface area contributed by atoms with Crippen LogP contribution in [0.5, 0.6) is 0 Å². The highest BCUT2D eigenvalue weighted by Crippen LogP contribution is 3.05. The Labute approximate surface area is 151 Å². The van der Waals surface area contributed by atoms with Crippen LogP contribution in [0.1, 0.15) is 11.1 Å². The quantitative estimate of drug-likeness (QED) is 0.435. The first-order valence-electron chi connectivity index (χ1n) is 6.62. The summed E-state index contributed by atoms with van der Waals surface area (Å²) < 4.78 is 130. The molecule has 0 aromatic heterocycles. The van der Waals surface area contributed by atoms with Gasteiger partial charge in [-0.3, -0.25) is 0 Å². The van der Waals surface area contributed by atoms with Crippen molar-refractivity contribution in [2.75, 3.05) is 0 Å². The molecule has 0 saturated carbocycles. The van der Waals surface area contributed by atoms with Gasteiger partial charge in [-0.1, -0.05) is 44.9 Å².